The van der Waals surface area contributed by atoms with Gasteiger partial charge in [-0.1, -0.05) is 42.5 Å². The van der Waals surface area contributed by atoms with E-state index in [9.17, 15) is 29.3 Å². The number of alkyl carbamates (subject to hydrolysis) is 1. The molecule has 0 aliphatic carbocycles. The number of nitrogens with two attached hydrogens (primary N) is 1. The molecule has 2 aromatic rings. The van der Waals surface area contributed by atoms with Gasteiger partial charge in [0, 0.05) is 17.7 Å². The Morgan fingerprint density at radius 1 is 1.03 bits per heavy atom. The quantitative estimate of drug-likeness (QED) is 0.248. The van der Waals surface area contributed by atoms with Gasteiger partial charge < -0.3 is 20.5 Å². The van der Waals surface area contributed by atoms with E-state index < -0.39 is 47.7 Å². The molecular formula is C20H19N3O8. The van der Waals surface area contributed by atoms with Crippen molar-refractivity contribution in [3.8, 4) is 0 Å². The molecule has 0 fully saturated rings. The lowest BCUT2D eigenvalue weighted by Gasteiger charge is -2.16. The molecule has 31 heavy (non-hydrogen) atoms. The lowest BCUT2D eigenvalue weighted by molar-refractivity contribution is -0.384. The maximum absolute atomic E-state index is 12.2. The average molecular weight is 429 g/mol. The van der Waals surface area contributed by atoms with Gasteiger partial charge in [-0.25, -0.2) is 9.59 Å². The highest BCUT2D eigenvalue weighted by atomic mass is 16.6. The number of ketones is 1. The summed E-state index contributed by atoms with van der Waals surface area (Å²) in [5.41, 5.74) is 5.46. The lowest BCUT2D eigenvalue weighted by atomic mass is 10.1. The number of nitrogens with zero attached hydrogens (tertiary/aromatic N) is 1. The molecule has 0 aromatic heterocycles. The number of hydrogen-bond acceptors (Lipinski definition) is 8. The van der Waals surface area contributed by atoms with E-state index in [2.05, 4.69) is 5.32 Å². The summed E-state index contributed by atoms with van der Waals surface area (Å²) in [7, 11) is 0. The Morgan fingerprint density at radius 2 is 1.74 bits per heavy atom. The van der Waals surface area contributed by atoms with Crippen molar-refractivity contribution in [3.05, 3.63) is 75.8 Å². The Hall–Kier alpha value is -4.28. The van der Waals surface area contributed by atoms with Crippen LogP contribution in [0.25, 0.3) is 0 Å². The van der Waals surface area contributed by atoms with Gasteiger partial charge in [-0.2, -0.15) is 0 Å². The van der Waals surface area contributed by atoms with Crippen molar-refractivity contribution in [1.82, 2.24) is 5.32 Å². The van der Waals surface area contributed by atoms with Crippen molar-refractivity contribution in [2.75, 3.05) is 6.61 Å². The van der Waals surface area contributed by atoms with Gasteiger partial charge in [0.2, 0.25) is 11.7 Å². The average Bonchev–Trinajstić information content (AvgIpc) is 2.75. The molecule has 0 aliphatic rings. The fraction of sp³-hybridized carbons (Fsp3) is 0.200. The first-order valence-electron chi connectivity index (χ1n) is 8.96. The molecule has 0 bridgehead atoms. The first kappa shape index (κ1) is 23.0. The number of hydrogen-bond donors (Lipinski definition) is 2. The van der Waals surface area contributed by atoms with E-state index in [4.69, 9.17) is 15.2 Å². The summed E-state index contributed by atoms with van der Waals surface area (Å²) in [4.78, 5) is 57.7. The number of nitro benzene ring substituents is 1. The van der Waals surface area contributed by atoms with Gasteiger partial charge in [-0.15, -0.1) is 0 Å². The third-order valence-electron chi connectivity index (χ3n) is 3.92. The molecule has 2 rings (SSSR count). The highest BCUT2D eigenvalue weighted by Gasteiger charge is 2.26. The van der Waals surface area contributed by atoms with Gasteiger partial charge in [-0.3, -0.25) is 19.7 Å². The Bertz CT molecular complexity index is 977. The Labute approximate surface area is 176 Å². The molecule has 0 radical (unpaired) electrons. The maximum Gasteiger partial charge on any atom is 0.408 e. The van der Waals surface area contributed by atoms with Crippen LogP contribution in [-0.4, -0.2) is 41.3 Å². The van der Waals surface area contributed by atoms with Crippen LogP contribution < -0.4 is 11.1 Å². The van der Waals surface area contributed by atoms with Crippen molar-refractivity contribution >= 4 is 29.4 Å². The highest BCUT2D eigenvalue weighted by Crippen LogP contribution is 2.13. The largest absolute Gasteiger partial charge is 0.456 e. The zero-order chi connectivity index (χ0) is 22.8. The number of primary amides is 1. The van der Waals surface area contributed by atoms with Gasteiger partial charge in [0.1, 0.15) is 12.6 Å². The molecule has 0 heterocycles. The van der Waals surface area contributed by atoms with Gasteiger partial charge in [-0.05, 0) is 5.56 Å². The summed E-state index contributed by atoms with van der Waals surface area (Å²) < 4.78 is 9.83. The second-order valence-corrected chi connectivity index (χ2v) is 6.27. The Morgan fingerprint density at radius 3 is 2.39 bits per heavy atom. The molecule has 11 nitrogen and oxygen atoms in total. The van der Waals surface area contributed by atoms with E-state index in [1.807, 2.05) is 0 Å². The van der Waals surface area contributed by atoms with E-state index in [1.54, 1.807) is 30.3 Å². The van der Waals surface area contributed by atoms with Crippen LogP contribution in [0.4, 0.5) is 10.5 Å². The molecule has 0 saturated heterocycles. The third-order valence-corrected chi connectivity index (χ3v) is 3.92. The molecule has 2 amide bonds. The predicted molar refractivity (Wildman–Crippen MR) is 106 cm³/mol. The molecule has 1 atom stereocenters. The zero-order valence-corrected chi connectivity index (χ0v) is 16.2. The molecule has 0 saturated carbocycles. The number of benzene rings is 2. The first-order chi connectivity index (χ1) is 14.8. The highest BCUT2D eigenvalue weighted by molar-refractivity contribution is 5.99. The second-order valence-electron chi connectivity index (χ2n) is 6.27. The van der Waals surface area contributed by atoms with Crippen molar-refractivity contribution in [2.45, 2.75) is 19.1 Å². The summed E-state index contributed by atoms with van der Waals surface area (Å²) in [6.07, 6.45) is -1.57. The number of amides is 2. The summed E-state index contributed by atoms with van der Waals surface area (Å²) in [6.45, 7) is -0.827. The third kappa shape index (κ3) is 7.57. The fourth-order valence-electron chi connectivity index (χ4n) is 2.42. The number of carbonyl (C=O) groups is 4. The van der Waals surface area contributed by atoms with Gasteiger partial charge >= 0.3 is 12.1 Å². The number of nitro groups is 1. The lowest BCUT2D eigenvalue weighted by Crippen LogP contribution is -2.44. The molecule has 162 valence electrons. The number of esters is 1. The monoisotopic (exact) mass is 429 g/mol. The van der Waals surface area contributed by atoms with Crippen molar-refractivity contribution in [1.29, 1.82) is 0 Å². The molecule has 0 aliphatic heterocycles. The molecular weight excluding hydrogens is 410 g/mol. The van der Waals surface area contributed by atoms with Crippen LogP contribution in [0.5, 0.6) is 0 Å². The van der Waals surface area contributed by atoms with Crippen molar-refractivity contribution < 1.29 is 33.6 Å². The maximum atomic E-state index is 12.2. The van der Waals surface area contributed by atoms with Crippen LogP contribution in [0.3, 0.4) is 0 Å². The number of ether oxygens (including phenoxy) is 2. The minimum absolute atomic E-state index is 0.0383. The van der Waals surface area contributed by atoms with Crippen molar-refractivity contribution in [3.63, 3.8) is 0 Å². The van der Waals surface area contributed by atoms with E-state index in [0.717, 1.165) is 6.07 Å². The number of rotatable bonds is 10. The minimum Gasteiger partial charge on any atom is -0.456 e. The number of nitrogens with one attached hydrogen (secondary N) is 1. The fourth-order valence-corrected chi connectivity index (χ4v) is 2.42. The standard InChI is InChI=1S/C20H19N3O8/c21-18(25)10-16(22-20(27)31-11-13-5-2-1-3-6-13)19(26)30-12-17(24)14-7-4-8-15(9-14)23(28)29/h1-9,16H,10-12H2,(H2,21,25)(H,22,27)/t16-/m1/s1. The van der Waals surface area contributed by atoms with Crippen LogP contribution in [0.1, 0.15) is 22.3 Å². The minimum atomic E-state index is -1.47. The summed E-state index contributed by atoms with van der Waals surface area (Å²) >= 11 is 0. The Kier molecular flexibility index (Phi) is 8.20. The predicted octanol–water partition coefficient (Wildman–Crippen LogP) is 1.49. The van der Waals surface area contributed by atoms with Crippen LogP contribution in [0, 0.1) is 10.1 Å². The number of non-ortho nitro benzene ring substituents is 1. The summed E-state index contributed by atoms with van der Waals surface area (Å²) in [6, 6.07) is 12.1. The van der Waals surface area contributed by atoms with Gasteiger partial charge in [0.15, 0.2) is 6.61 Å². The first-order valence-corrected chi connectivity index (χ1v) is 8.96. The smallest absolute Gasteiger partial charge is 0.408 e. The topological polar surface area (TPSA) is 168 Å². The molecule has 11 heteroatoms. The molecule has 0 unspecified atom stereocenters. The van der Waals surface area contributed by atoms with Crippen LogP contribution >= 0.6 is 0 Å². The van der Waals surface area contributed by atoms with Gasteiger partial charge in [0.25, 0.3) is 5.69 Å². The second kappa shape index (κ2) is 11.0. The zero-order valence-electron chi connectivity index (χ0n) is 16.2. The van der Waals surface area contributed by atoms with E-state index in [0.29, 0.717) is 5.56 Å². The van der Waals surface area contributed by atoms with E-state index >= 15 is 0 Å². The molecule has 0 spiro atoms. The van der Waals surface area contributed by atoms with Crippen LogP contribution in [0.15, 0.2) is 54.6 Å². The molecule has 2 aromatic carbocycles. The molecule has 3 N–H and O–H groups in total. The number of Topliss-reactive ketones (excluding diaryl/α,β-unsaturated/α-hetero) is 1. The summed E-state index contributed by atoms with van der Waals surface area (Å²) in [5.74, 6) is -2.69. The van der Waals surface area contributed by atoms with E-state index in [-0.39, 0.29) is 17.9 Å². The number of carbonyl (C=O) groups excluding carboxylic acids is 4. The van der Waals surface area contributed by atoms with Gasteiger partial charge in [0.05, 0.1) is 11.3 Å². The normalized spacial score (nSPS) is 11.1. The van der Waals surface area contributed by atoms with Crippen LogP contribution in [-0.2, 0) is 25.7 Å². The van der Waals surface area contributed by atoms with Crippen molar-refractivity contribution in [2.24, 2.45) is 5.73 Å². The summed E-state index contributed by atoms with van der Waals surface area (Å²) in [5, 5.41) is 13.0. The van der Waals surface area contributed by atoms with Crippen LogP contribution in [0.2, 0.25) is 0 Å². The van der Waals surface area contributed by atoms with E-state index in [1.165, 1.54) is 18.2 Å². The SMILES string of the molecule is NC(=O)C[C@@H](NC(=O)OCc1ccccc1)C(=O)OCC(=O)c1cccc([N+](=O)[O-])c1. The Balaban J connectivity index is 1.93.